The molecule has 2 saturated heterocycles. The van der Waals surface area contributed by atoms with Crippen molar-refractivity contribution in [3.63, 3.8) is 0 Å². The number of nitrogen functional groups attached to an aromatic ring is 1. The number of amides is 1. The summed E-state index contributed by atoms with van der Waals surface area (Å²) in [7, 11) is 0. The Kier molecular flexibility index (Phi) is 4.98. The Bertz CT molecular complexity index is 1090. The highest BCUT2D eigenvalue weighted by atomic mass is 16.5. The maximum absolute atomic E-state index is 11.3. The Labute approximate surface area is 177 Å². The van der Waals surface area contributed by atoms with Crippen molar-refractivity contribution < 1.29 is 14.6 Å². The van der Waals surface area contributed by atoms with E-state index in [9.17, 15) is 9.90 Å². The van der Waals surface area contributed by atoms with E-state index < -0.39 is 6.09 Å². The van der Waals surface area contributed by atoms with Crippen molar-refractivity contribution in [2.45, 2.75) is 18.8 Å². The molecule has 12 heteroatoms. The SMILES string of the molecule is Nc1ncc(-c2nc(N3CCOCC3)nc3n[nH]c(C4CCN(C(=O)O)CC4)c23)cn1. The molecular formula is C19H23N9O3. The smallest absolute Gasteiger partial charge is 0.407 e. The second-order valence-corrected chi connectivity index (χ2v) is 7.68. The number of nitrogens with zero attached hydrogens (tertiary/aromatic N) is 7. The van der Waals surface area contributed by atoms with Gasteiger partial charge in [-0.2, -0.15) is 10.1 Å². The molecule has 1 amide bonds. The molecular weight excluding hydrogens is 402 g/mol. The van der Waals surface area contributed by atoms with Crippen LogP contribution in [-0.4, -0.2) is 85.6 Å². The van der Waals surface area contributed by atoms with E-state index in [1.807, 2.05) is 0 Å². The number of hydrogen-bond donors (Lipinski definition) is 3. The zero-order chi connectivity index (χ0) is 21.4. The number of rotatable bonds is 3. The lowest BCUT2D eigenvalue weighted by Gasteiger charge is -2.29. The number of aromatic nitrogens is 6. The first-order valence-corrected chi connectivity index (χ1v) is 10.2. The lowest BCUT2D eigenvalue weighted by molar-refractivity contribution is 0.122. The minimum atomic E-state index is -0.883. The van der Waals surface area contributed by atoms with E-state index in [-0.39, 0.29) is 11.9 Å². The molecule has 0 atom stereocenters. The van der Waals surface area contributed by atoms with Crippen LogP contribution in [0.4, 0.5) is 16.7 Å². The summed E-state index contributed by atoms with van der Waals surface area (Å²) in [6, 6.07) is 0. The number of H-pyrrole nitrogens is 1. The lowest BCUT2D eigenvalue weighted by atomic mass is 9.91. The molecule has 0 radical (unpaired) electrons. The van der Waals surface area contributed by atoms with Gasteiger partial charge < -0.3 is 25.4 Å². The highest BCUT2D eigenvalue weighted by Gasteiger charge is 2.29. The highest BCUT2D eigenvalue weighted by molar-refractivity contribution is 5.93. The molecule has 0 spiro atoms. The molecule has 2 aliphatic rings. The normalized spacial score (nSPS) is 17.9. The molecule has 3 aromatic heterocycles. The number of anilines is 2. The van der Waals surface area contributed by atoms with Crippen molar-refractivity contribution in [1.29, 1.82) is 0 Å². The van der Waals surface area contributed by atoms with Gasteiger partial charge in [0.1, 0.15) is 0 Å². The number of piperidine rings is 1. The summed E-state index contributed by atoms with van der Waals surface area (Å²) < 4.78 is 5.45. The third-order valence-corrected chi connectivity index (χ3v) is 5.84. The Hall–Kier alpha value is -3.54. The average molecular weight is 425 g/mol. The molecule has 162 valence electrons. The van der Waals surface area contributed by atoms with Gasteiger partial charge in [-0.25, -0.2) is 19.7 Å². The number of carbonyl (C=O) groups is 1. The number of nitrogens with one attached hydrogen (secondary N) is 1. The second-order valence-electron chi connectivity index (χ2n) is 7.68. The quantitative estimate of drug-likeness (QED) is 0.554. The van der Waals surface area contributed by atoms with Crippen molar-refractivity contribution in [2.75, 3.05) is 50.0 Å². The number of likely N-dealkylation sites (tertiary alicyclic amines) is 1. The predicted octanol–water partition coefficient (Wildman–Crippen LogP) is 1.09. The van der Waals surface area contributed by atoms with Gasteiger partial charge in [0, 0.05) is 50.1 Å². The molecule has 4 N–H and O–H groups in total. The van der Waals surface area contributed by atoms with Gasteiger partial charge in [-0.05, 0) is 12.8 Å². The summed E-state index contributed by atoms with van der Waals surface area (Å²) in [5.74, 6) is 0.907. The summed E-state index contributed by atoms with van der Waals surface area (Å²) in [5, 5.41) is 17.7. The van der Waals surface area contributed by atoms with Gasteiger partial charge >= 0.3 is 6.09 Å². The summed E-state index contributed by atoms with van der Waals surface area (Å²) in [6.45, 7) is 3.61. The maximum atomic E-state index is 11.3. The van der Waals surface area contributed by atoms with Crippen LogP contribution in [0.1, 0.15) is 24.5 Å². The Balaban J connectivity index is 1.58. The molecule has 2 aliphatic heterocycles. The van der Waals surface area contributed by atoms with E-state index in [2.05, 4.69) is 25.1 Å². The van der Waals surface area contributed by atoms with Gasteiger partial charge in [-0.3, -0.25) is 5.10 Å². The van der Waals surface area contributed by atoms with Crippen molar-refractivity contribution in [1.82, 2.24) is 35.0 Å². The topological polar surface area (TPSA) is 159 Å². The fraction of sp³-hybridized carbons (Fsp3) is 0.474. The van der Waals surface area contributed by atoms with Gasteiger partial charge in [0.15, 0.2) is 5.65 Å². The molecule has 3 aromatic rings. The first kappa shape index (κ1) is 19.4. The van der Waals surface area contributed by atoms with Gasteiger partial charge in [0.25, 0.3) is 0 Å². The Morgan fingerprint density at radius 1 is 1.13 bits per heavy atom. The number of morpholine rings is 1. The first-order chi connectivity index (χ1) is 15.1. The number of carboxylic acid groups (broad SMARTS) is 1. The van der Waals surface area contributed by atoms with Crippen LogP contribution in [-0.2, 0) is 4.74 Å². The van der Waals surface area contributed by atoms with Crippen molar-refractivity contribution in [3.05, 3.63) is 18.1 Å². The molecule has 5 rings (SSSR count). The van der Waals surface area contributed by atoms with Crippen LogP contribution in [0.25, 0.3) is 22.3 Å². The third-order valence-electron chi connectivity index (χ3n) is 5.84. The van der Waals surface area contributed by atoms with Crippen LogP contribution in [0, 0.1) is 0 Å². The number of aromatic amines is 1. The summed E-state index contributed by atoms with van der Waals surface area (Å²) in [4.78, 5) is 32.6. The fourth-order valence-corrected chi connectivity index (χ4v) is 4.16. The van der Waals surface area contributed by atoms with Crippen LogP contribution in [0.5, 0.6) is 0 Å². The van der Waals surface area contributed by atoms with E-state index >= 15 is 0 Å². The van der Waals surface area contributed by atoms with Gasteiger partial charge in [-0.15, -0.1) is 0 Å². The zero-order valence-corrected chi connectivity index (χ0v) is 16.9. The molecule has 5 heterocycles. The van der Waals surface area contributed by atoms with Crippen LogP contribution >= 0.6 is 0 Å². The van der Waals surface area contributed by atoms with Gasteiger partial charge in [-0.1, -0.05) is 0 Å². The summed E-state index contributed by atoms with van der Waals surface area (Å²) in [6.07, 6.45) is 3.82. The maximum Gasteiger partial charge on any atom is 0.407 e. The fourth-order valence-electron chi connectivity index (χ4n) is 4.16. The monoisotopic (exact) mass is 425 g/mol. The molecule has 31 heavy (non-hydrogen) atoms. The average Bonchev–Trinajstić information content (AvgIpc) is 3.24. The second kappa shape index (κ2) is 7.95. The van der Waals surface area contributed by atoms with Crippen LogP contribution in [0.3, 0.4) is 0 Å². The van der Waals surface area contributed by atoms with Crippen molar-refractivity contribution in [2.24, 2.45) is 0 Å². The Morgan fingerprint density at radius 2 is 1.84 bits per heavy atom. The molecule has 0 bridgehead atoms. The first-order valence-electron chi connectivity index (χ1n) is 10.2. The predicted molar refractivity (Wildman–Crippen MR) is 112 cm³/mol. The van der Waals surface area contributed by atoms with E-state index in [0.717, 1.165) is 16.6 Å². The van der Waals surface area contributed by atoms with E-state index in [0.29, 0.717) is 69.5 Å². The molecule has 12 nitrogen and oxygen atoms in total. The van der Waals surface area contributed by atoms with Gasteiger partial charge in [0.05, 0.1) is 30.0 Å². The Morgan fingerprint density at radius 3 is 2.52 bits per heavy atom. The van der Waals surface area contributed by atoms with Crippen LogP contribution in [0.15, 0.2) is 12.4 Å². The highest BCUT2D eigenvalue weighted by Crippen LogP contribution is 2.36. The van der Waals surface area contributed by atoms with Crippen LogP contribution in [0.2, 0.25) is 0 Å². The molecule has 0 saturated carbocycles. The van der Waals surface area contributed by atoms with Gasteiger partial charge in [0.2, 0.25) is 11.9 Å². The number of nitrogens with two attached hydrogens (primary N) is 1. The van der Waals surface area contributed by atoms with E-state index in [4.69, 9.17) is 20.4 Å². The van der Waals surface area contributed by atoms with E-state index in [1.54, 1.807) is 12.4 Å². The van der Waals surface area contributed by atoms with Crippen molar-refractivity contribution >= 4 is 29.0 Å². The zero-order valence-electron chi connectivity index (χ0n) is 16.9. The standard InChI is InChI=1S/C19H23N9O3/c20-17-21-9-12(10-22-17)14-13-15(11-1-3-28(4-2-11)19(29)30)25-26-16(13)24-18(23-14)27-5-7-31-8-6-27/h9-11H,1-8H2,(H,29,30)(H2,20,21,22)(H,23,24,25,26). The summed E-state index contributed by atoms with van der Waals surface area (Å²) >= 11 is 0. The number of fused-ring (bicyclic) bond motifs is 1. The van der Waals surface area contributed by atoms with E-state index in [1.165, 1.54) is 4.90 Å². The minimum absolute atomic E-state index is 0.131. The third kappa shape index (κ3) is 3.69. The molecule has 0 aliphatic carbocycles. The molecule has 0 aromatic carbocycles. The lowest BCUT2D eigenvalue weighted by Crippen LogP contribution is -2.37. The largest absolute Gasteiger partial charge is 0.465 e. The number of ether oxygens (including phenoxy) is 1. The summed E-state index contributed by atoms with van der Waals surface area (Å²) in [5.41, 5.74) is 8.58. The molecule has 2 fully saturated rings. The van der Waals surface area contributed by atoms with Crippen molar-refractivity contribution in [3.8, 4) is 11.3 Å². The number of hydrogen-bond acceptors (Lipinski definition) is 9. The molecule has 0 unspecified atom stereocenters. The van der Waals surface area contributed by atoms with Crippen LogP contribution < -0.4 is 10.6 Å². The minimum Gasteiger partial charge on any atom is -0.465 e.